The van der Waals surface area contributed by atoms with E-state index < -0.39 is 11.6 Å². The summed E-state index contributed by atoms with van der Waals surface area (Å²) in [5.41, 5.74) is 1.20. The molecule has 1 aromatic heterocycles. The minimum absolute atomic E-state index is 0.0492. The number of nitrogens with zero attached hydrogens (tertiary/aromatic N) is 1. The Hall–Kier alpha value is -3.06. The van der Waals surface area contributed by atoms with Crippen LogP contribution in [0.5, 0.6) is 11.5 Å². The minimum Gasteiger partial charge on any atom is -0.493 e. The molecule has 0 fully saturated rings. The molecule has 0 aliphatic rings. The van der Waals surface area contributed by atoms with Crippen molar-refractivity contribution < 1.29 is 19.0 Å². The van der Waals surface area contributed by atoms with Crippen molar-refractivity contribution in [1.29, 1.82) is 0 Å². The Kier molecular flexibility index (Phi) is 9.37. The van der Waals surface area contributed by atoms with E-state index in [1.54, 1.807) is 40.3 Å². The maximum Gasteiger partial charge on any atom is 0.344 e. The summed E-state index contributed by atoms with van der Waals surface area (Å²) in [4.78, 5) is 24.9. The van der Waals surface area contributed by atoms with E-state index in [4.69, 9.17) is 14.2 Å². The number of pyridine rings is 1. The highest BCUT2D eigenvalue weighted by Gasteiger charge is 2.21. The van der Waals surface area contributed by atoms with Gasteiger partial charge in [0.05, 0.1) is 7.11 Å². The van der Waals surface area contributed by atoms with Gasteiger partial charge in [-0.15, -0.1) is 0 Å². The number of benzene rings is 2. The van der Waals surface area contributed by atoms with E-state index in [1.165, 1.54) is 6.07 Å². The first kappa shape index (κ1) is 27.5. The molecule has 3 aromatic rings. The summed E-state index contributed by atoms with van der Waals surface area (Å²) < 4.78 is 19.9. The second-order valence-corrected chi connectivity index (χ2v) is 10.5. The summed E-state index contributed by atoms with van der Waals surface area (Å²) in [5.74, 6) is 0.744. The molecule has 6 nitrogen and oxygen atoms in total. The van der Waals surface area contributed by atoms with Crippen LogP contribution in [0.15, 0.2) is 70.2 Å². The van der Waals surface area contributed by atoms with Gasteiger partial charge in [-0.05, 0) is 63.3 Å². The zero-order valence-electron chi connectivity index (χ0n) is 21.5. The molecule has 0 saturated heterocycles. The summed E-state index contributed by atoms with van der Waals surface area (Å²) in [6.45, 7) is 7.89. The van der Waals surface area contributed by atoms with Crippen LogP contribution in [0.4, 0.5) is 0 Å². The summed E-state index contributed by atoms with van der Waals surface area (Å²) in [7, 11) is 1.63. The molecule has 192 valence electrons. The van der Waals surface area contributed by atoms with Crippen molar-refractivity contribution in [3.05, 3.63) is 92.3 Å². The molecule has 0 saturated carbocycles. The number of rotatable bonds is 10. The molecule has 0 amide bonds. The molecule has 3 rings (SSSR count). The minimum atomic E-state index is -0.671. The van der Waals surface area contributed by atoms with Crippen LogP contribution >= 0.6 is 15.9 Å². The van der Waals surface area contributed by atoms with E-state index in [0.29, 0.717) is 18.1 Å². The van der Waals surface area contributed by atoms with E-state index in [9.17, 15) is 9.59 Å². The summed E-state index contributed by atoms with van der Waals surface area (Å²) in [6.07, 6.45) is 5.75. The lowest BCUT2D eigenvalue weighted by Gasteiger charge is -2.22. The van der Waals surface area contributed by atoms with Crippen molar-refractivity contribution >= 4 is 21.9 Å². The SMILES string of the molecule is CCC(CCc1cc(OCc2ccccc2)c(OC)cc1Br)n1ccc(=O)c(C(=O)OC(C)(C)C)c1. The third-order valence-corrected chi connectivity index (χ3v) is 6.51. The van der Waals surface area contributed by atoms with E-state index >= 15 is 0 Å². The number of aromatic nitrogens is 1. The van der Waals surface area contributed by atoms with Crippen molar-refractivity contribution in [3.8, 4) is 11.5 Å². The van der Waals surface area contributed by atoms with Crippen molar-refractivity contribution in [2.75, 3.05) is 7.11 Å². The molecule has 0 aliphatic carbocycles. The summed E-state index contributed by atoms with van der Waals surface area (Å²) >= 11 is 3.67. The Morgan fingerprint density at radius 3 is 2.44 bits per heavy atom. The number of carbonyl (C=O) groups excluding carboxylic acids is 1. The monoisotopic (exact) mass is 555 g/mol. The first-order valence-electron chi connectivity index (χ1n) is 12.1. The molecule has 0 bridgehead atoms. The van der Waals surface area contributed by atoms with Crippen LogP contribution in [0.1, 0.15) is 68.1 Å². The van der Waals surface area contributed by atoms with Crippen LogP contribution in [0.25, 0.3) is 0 Å². The molecular weight excluding hydrogens is 522 g/mol. The van der Waals surface area contributed by atoms with Gasteiger partial charge in [0.25, 0.3) is 0 Å². The second-order valence-electron chi connectivity index (χ2n) is 9.64. The van der Waals surface area contributed by atoms with Gasteiger partial charge in [-0.1, -0.05) is 53.2 Å². The average Bonchev–Trinajstić information content (AvgIpc) is 2.84. The van der Waals surface area contributed by atoms with E-state index in [1.807, 2.05) is 47.0 Å². The third-order valence-electron chi connectivity index (χ3n) is 5.77. The standard InChI is InChI=1S/C29H34BrNO5/c1-6-22(31-15-14-25(32)23(18-31)28(33)36-29(2,3)4)13-12-21-16-27(26(34-5)17-24(21)30)35-19-20-10-8-7-9-11-20/h7-11,14-18,22H,6,12-13,19H2,1-5H3. The third kappa shape index (κ3) is 7.47. The first-order chi connectivity index (χ1) is 17.1. The van der Waals surface area contributed by atoms with Crippen molar-refractivity contribution in [2.45, 2.75) is 65.2 Å². The Labute approximate surface area is 221 Å². The first-order valence-corrected chi connectivity index (χ1v) is 12.9. The van der Waals surface area contributed by atoms with Crippen LogP contribution in [0.3, 0.4) is 0 Å². The topological polar surface area (TPSA) is 66.8 Å². The normalized spacial score (nSPS) is 12.2. The highest BCUT2D eigenvalue weighted by molar-refractivity contribution is 9.10. The zero-order valence-corrected chi connectivity index (χ0v) is 23.1. The van der Waals surface area contributed by atoms with Gasteiger partial charge in [0, 0.05) is 29.0 Å². The Bertz CT molecular complexity index is 1230. The lowest BCUT2D eigenvalue weighted by atomic mass is 10.0. The maximum atomic E-state index is 12.6. The molecular formula is C29H34BrNO5. The number of aryl methyl sites for hydroxylation is 1. The Morgan fingerprint density at radius 1 is 1.08 bits per heavy atom. The largest absolute Gasteiger partial charge is 0.493 e. The fraction of sp³-hybridized carbons (Fsp3) is 0.379. The zero-order chi connectivity index (χ0) is 26.3. The van der Waals surface area contributed by atoms with Gasteiger partial charge in [0.1, 0.15) is 17.8 Å². The van der Waals surface area contributed by atoms with Gasteiger partial charge in [0.2, 0.25) is 0 Å². The number of methoxy groups -OCH3 is 1. The average molecular weight is 556 g/mol. The molecule has 1 heterocycles. The number of ether oxygens (including phenoxy) is 3. The molecule has 0 radical (unpaired) electrons. The lowest BCUT2D eigenvalue weighted by molar-refractivity contribution is 0.00669. The van der Waals surface area contributed by atoms with Crippen molar-refractivity contribution in [2.24, 2.45) is 0 Å². The van der Waals surface area contributed by atoms with Crippen molar-refractivity contribution in [1.82, 2.24) is 4.57 Å². The fourth-order valence-electron chi connectivity index (χ4n) is 3.88. The van der Waals surface area contributed by atoms with Gasteiger partial charge in [-0.2, -0.15) is 0 Å². The van der Waals surface area contributed by atoms with Gasteiger partial charge in [0.15, 0.2) is 16.9 Å². The predicted molar refractivity (Wildman–Crippen MR) is 145 cm³/mol. The molecule has 0 spiro atoms. The number of carbonyl (C=O) groups is 1. The smallest absolute Gasteiger partial charge is 0.344 e. The van der Waals surface area contributed by atoms with Crippen LogP contribution in [-0.2, 0) is 17.8 Å². The summed E-state index contributed by atoms with van der Waals surface area (Å²) in [5, 5.41) is 0. The van der Waals surface area contributed by atoms with E-state index in [0.717, 1.165) is 34.9 Å². The Morgan fingerprint density at radius 2 is 1.81 bits per heavy atom. The fourth-order valence-corrected chi connectivity index (χ4v) is 4.40. The Balaban J connectivity index is 1.77. The van der Waals surface area contributed by atoms with Crippen molar-refractivity contribution in [3.63, 3.8) is 0 Å². The summed E-state index contributed by atoms with van der Waals surface area (Å²) in [6, 6.07) is 15.5. The van der Waals surface area contributed by atoms with Gasteiger partial charge >= 0.3 is 5.97 Å². The van der Waals surface area contributed by atoms with Gasteiger partial charge in [-0.3, -0.25) is 4.79 Å². The lowest BCUT2D eigenvalue weighted by Crippen LogP contribution is -2.28. The number of hydrogen-bond acceptors (Lipinski definition) is 5. The number of hydrogen-bond donors (Lipinski definition) is 0. The van der Waals surface area contributed by atoms with Crippen LogP contribution in [0.2, 0.25) is 0 Å². The molecule has 0 N–H and O–H groups in total. The molecule has 2 aromatic carbocycles. The van der Waals surface area contributed by atoms with Gasteiger partial charge < -0.3 is 18.8 Å². The molecule has 36 heavy (non-hydrogen) atoms. The second kappa shape index (κ2) is 12.3. The molecule has 7 heteroatoms. The van der Waals surface area contributed by atoms with E-state index in [-0.39, 0.29) is 17.0 Å². The van der Waals surface area contributed by atoms with Crippen LogP contribution in [0, 0.1) is 0 Å². The number of halogens is 1. The van der Waals surface area contributed by atoms with Crippen LogP contribution < -0.4 is 14.9 Å². The number of esters is 1. The maximum absolute atomic E-state index is 12.6. The highest BCUT2D eigenvalue weighted by Crippen LogP contribution is 2.35. The molecule has 0 aliphatic heterocycles. The highest BCUT2D eigenvalue weighted by atomic mass is 79.9. The quantitative estimate of drug-likeness (QED) is 0.259. The van der Waals surface area contributed by atoms with Gasteiger partial charge in [-0.25, -0.2) is 4.79 Å². The molecule has 1 unspecified atom stereocenters. The predicted octanol–water partition coefficient (Wildman–Crippen LogP) is 6.74. The molecule has 1 atom stereocenters. The van der Waals surface area contributed by atoms with Crippen LogP contribution in [-0.4, -0.2) is 23.2 Å². The van der Waals surface area contributed by atoms with E-state index in [2.05, 4.69) is 22.9 Å².